The molecule has 1 heterocycles. The molecule has 1 fully saturated rings. The van der Waals surface area contributed by atoms with Gasteiger partial charge in [0.25, 0.3) is 5.91 Å². The van der Waals surface area contributed by atoms with Crippen LogP contribution in [0.2, 0.25) is 5.15 Å². The molecule has 0 aromatic carbocycles. The Balaban J connectivity index is 2.08. The minimum Gasteiger partial charge on any atom is -0.349 e. The molecule has 2 rings (SSSR count). The van der Waals surface area contributed by atoms with Crippen LogP contribution in [0.3, 0.4) is 0 Å². The third-order valence-electron chi connectivity index (χ3n) is 3.97. The van der Waals surface area contributed by atoms with Gasteiger partial charge in [0, 0.05) is 17.3 Å². The maximum atomic E-state index is 12.2. The highest BCUT2D eigenvalue weighted by Crippen LogP contribution is 2.31. The van der Waals surface area contributed by atoms with Crippen molar-refractivity contribution >= 4 is 17.5 Å². The van der Waals surface area contributed by atoms with Gasteiger partial charge >= 0.3 is 0 Å². The fraction of sp³-hybridized carbons (Fsp3) is 0.571. The molecule has 98 valence electrons. The number of carbonyl (C=O) groups is 1. The summed E-state index contributed by atoms with van der Waals surface area (Å²) in [4.78, 5) is 16.2. The van der Waals surface area contributed by atoms with Crippen LogP contribution in [0.1, 0.15) is 42.7 Å². The Labute approximate surface area is 113 Å². The van der Waals surface area contributed by atoms with Gasteiger partial charge in [-0.2, -0.15) is 0 Å². The Hall–Kier alpha value is -1.09. The molecule has 3 unspecified atom stereocenters. The summed E-state index contributed by atoms with van der Waals surface area (Å²) in [5.74, 6) is 1.17. The van der Waals surface area contributed by atoms with Crippen molar-refractivity contribution in [2.75, 3.05) is 0 Å². The molecule has 1 amide bonds. The van der Waals surface area contributed by atoms with E-state index in [1.807, 2.05) is 6.92 Å². The number of rotatable bonds is 2. The molecule has 1 saturated carbocycles. The van der Waals surface area contributed by atoms with E-state index in [4.69, 9.17) is 11.6 Å². The van der Waals surface area contributed by atoms with Crippen molar-refractivity contribution in [1.82, 2.24) is 10.3 Å². The summed E-state index contributed by atoms with van der Waals surface area (Å²) >= 11 is 5.87. The number of amides is 1. The summed E-state index contributed by atoms with van der Waals surface area (Å²) in [6.45, 7) is 6.28. The maximum Gasteiger partial charge on any atom is 0.251 e. The van der Waals surface area contributed by atoms with Crippen LogP contribution in [0.25, 0.3) is 0 Å². The first-order chi connectivity index (χ1) is 8.47. The molecule has 3 nitrogen and oxygen atoms in total. The fourth-order valence-electron chi connectivity index (χ4n) is 2.58. The number of pyridine rings is 1. The predicted octanol–water partition coefficient (Wildman–Crippen LogP) is 3.21. The van der Waals surface area contributed by atoms with Crippen molar-refractivity contribution in [3.05, 3.63) is 28.5 Å². The van der Waals surface area contributed by atoms with E-state index in [2.05, 4.69) is 24.1 Å². The second-order valence-corrected chi connectivity index (χ2v) is 5.70. The average Bonchev–Trinajstić information content (AvgIpc) is 2.59. The molecule has 0 bridgehead atoms. The van der Waals surface area contributed by atoms with E-state index in [1.54, 1.807) is 12.1 Å². The van der Waals surface area contributed by atoms with E-state index in [1.165, 1.54) is 6.42 Å². The molecule has 0 spiro atoms. The van der Waals surface area contributed by atoms with E-state index < -0.39 is 0 Å². The first kappa shape index (κ1) is 13.3. The zero-order chi connectivity index (χ0) is 13.3. The molecular formula is C14H19ClN2O. The second kappa shape index (κ2) is 5.27. The summed E-state index contributed by atoms with van der Waals surface area (Å²) in [5.41, 5.74) is 1.36. The monoisotopic (exact) mass is 266 g/mol. The van der Waals surface area contributed by atoms with E-state index in [-0.39, 0.29) is 11.9 Å². The van der Waals surface area contributed by atoms with Crippen LogP contribution in [-0.4, -0.2) is 16.9 Å². The van der Waals surface area contributed by atoms with Crippen molar-refractivity contribution in [2.45, 2.75) is 39.7 Å². The Bertz CT molecular complexity index is 441. The molecule has 1 aliphatic rings. The summed E-state index contributed by atoms with van der Waals surface area (Å²) in [6, 6.07) is 3.66. The van der Waals surface area contributed by atoms with Crippen LogP contribution in [-0.2, 0) is 0 Å². The quantitative estimate of drug-likeness (QED) is 0.836. The normalized spacial score (nSPS) is 27.2. The highest BCUT2D eigenvalue weighted by Gasteiger charge is 2.30. The smallest absolute Gasteiger partial charge is 0.251 e. The lowest BCUT2D eigenvalue weighted by Gasteiger charge is -2.19. The zero-order valence-corrected chi connectivity index (χ0v) is 11.8. The molecule has 0 saturated heterocycles. The number of carbonyl (C=O) groups excluding carboxylic acids is 1. The number of nitrogens with zero attached hydrogens (tertiary/aromatic N) is 1. The molecular weight excluding hydrogens is 248 g/mol. The number of halogens is 1. The van der Waals surface area contributed by atoms with Crippen molar-refractivity contribution in [3.63, 3.8) is 0 Å². The Kier molecular flexibility index (Phi) is 3.91. The maximum absolute atomic E-state index is 12.2. The average molecular weight is 267 g/mol. The molecule has 3 atom stereocenters. The van der Waals surface area contributed by atoms with E-state index in [0.717, 1.165) is 12.1 Å². The number of aryl methyl sites for hydroxylation is 1. The highest BCUT2D eigenvalue weighted by molar-refractivity contribution is 6.29. The number of hydrogen-bond acceptors (Lipinski definition) is 2. The topological polar surface area (TPSA) is 42.0 Å². The van der Waals surface area contributed by atoms with Gasteiger partial charge < -0.3 is 5.32 Å². The van der Waals surface area contributed by atoms with Gasteiger partial charge in [-0.1, -0.05) is 25.4 Å². The SMILES string of the molecule is Cc1cc(C(=O)NC2CCC(C)C2C)cc(Cl)n1. The van der Waals surface area contributed by atoms with Crippen LogP contribution in [0.4, 0.5) is 0 Å². The predicted molar refractivity (Wildman–Crippen MR) is 72.8 cm³/mol. The van der Waals surface area contributed by atoms with Crippen molar-refractivity contribution in [2.24, 2.45) is 11.8 Å². The molecule has 0 aliphatic heterocycles. The molecule has 1 aromatic rings. The Morgan fingerprint density at radius 3 is 2.67 bits per heavy atom. The molecule has 1 aromatic heterocycles. The molecule has 4 heteroatoms. The number of nitrogens with one attached hydrogen (secondary N) is 1. The highest BCUT2D eigenvalue weighted by atomic mass is 35.5. The second-order valence-electron chi connectivity index (χ2n) is 5.31. The van der Waals surface area contributed by atoms with Gasteiger partial charge in [-0.25, -0.2) is 4.98 Å². The van der Waals surface area contributed by atoms with Gasteiger partial charge in [0.05, 0.1) is 0 Å². The number of hydrogen-bond donors (Lipinski definition) is 1. The van der Waals surface area contributed by atoms with Gasteiger partial charge in [0.1, 0.15) is 5.15 Å². The van der Waals surface area contributed by atoms with Crippen molar-refractivity contribution < 1.29 is 4.79 Å². The van der Waals surface area contributed by atoms with Gasteiger partial charge in [-0.15, -0.1) is 0 Å². The van der Waals surface area contributed by atoms with Crippen LogP contribution in [0, 0.1) is 18.8 Å². The van der Waals surface area contributed by atoms with Crippen molar-refractivity contribution in [3.8, 4) is 0 Å². The first-order valence-electron chi connectivity index (χ1n) is 6.42. The summed E-state index contributed by atoms with van der Waals surface area (Å²) < 4.78 is 0. The van der Waals surface area contributed by atoms with Crippen LogP contribution in [0.5, 0.6) is 0 Å². The third kappa shape index (κ3) is 2.83. The molecule has 18 heavy (non-hydrogen) atoms. The summed E-state index contributed by atoms with van der Waals surface area (Å²) in [5, 5.41) is 3.47. The van der Waals surface area contributed by atoms with E-state index >= 15 is 0 Å². The van der Waals surface area contributed by atoms with E-state index in [9.17, 15) is 4.79 Å². The summed E-state index contributed by atoms with van der Waals surface area (Å²) in [7, 11) is 0. The van der Waals surface area contributed by atoms with Crippen molar-refractivity contribution in [1.29, 1.82) is 0 Å². The van der Waals surface area contributed by atoms with Crippen LogP contribution < -0.4 is 5.32 Å². The lowest BCUT2D eigenvalue weighted by Crippen LogP contribution is -2.37. The van der Waals surface area contributed by atoms with Gasteiger partial charge in [0.15, 0.2) is 0 Å². The zero-order valence-electron chi connectivity index (χ0n) is 11.0. The third-order valence-corrected chi connectivity index (χ3v) is 4.16. The Morgan fingerprint density at radius 1 is 1.39 bits per heavy atom. The Morgan fingerprint density at radius 2 is 2.11 bits per heavy atom. The van der Waals surface area contributed by atoms with Gasteiger partial charge in [0.2, 0.25) is 0 Å². The minimum atomic E-state index is -0.0478. The number of aromatic nitrogens is 1. The standard InChI is InChI=1S/C14H19ClN2O/c1-8-4-5-12(10(8)3)17-14(18)11-6-9(2)16-13(15)7-11/h6-8,10,12H,4-5H2,1-3H3,(H,17,18). The lowest BCUT2D eigenvalue weighted by molar-refractivity contribution is 0.0927. The summed E-state index contributed by atoms with van der Waals surface area (Å²) in [6.07, 6.45) is 2.24. The molecule has 1 aliphatic carbocycles. The van der Waals surface area contributed by atoms with Gasteiger partial charge in [-0.05, 0) is 43.7 Å². The minimum absolute atomic E-state index is 0.0478. The van der Waals surface area contributed by atoms with E-state index in [0.29, 0.717) is 22.6 Å². The largest absolute Gasteiger partial charge is 0.349 e. The van der Waals surface area contributed by atoms with Crippen LogP contribution in [0.15, 0.2) is 12.1 Å². The molecule has 0 radical (unpaired) electrons. The molecule has 1 N–H and O–H groups in total. The first-order valence-corrected chi connectivity index (χ1v) is 6.80. The van der Waals surface area contributed by atoms with Crippen LogP contribution >= 0.6 is 11.6 Å². The fourth-order valence-corrected chi connectivity index (χ4v) is 2.83. The van der Waals surface area contributed by atoms with Gasteiger partial charge in [-0.3, -0.25) is 4.79 Å². The lowest BCUT2D eigenvalue weighted by atomic mass is 9.97.